The molecule has 0 aromatic carbocycles. The quantitative estimate of drug-likeness (QED) is 0.447. The van der Waals surface area contributed by atoms with Gasteiger partial charge in [-0.1, -0.05) is 39.3 Å². The van der Waals surface area contributed by atoms with Crippen molar-refractivity contribution in [3.05, 3.63) is 29.9 Å². The van der Waals surface area contributed by atoms with Crippen LogP contribution >= 0.6 is 11.6 Å². The average molecular weight is 431 g/mol. The van der Waals surface area contributed by atoms with Crippen LogP contribution in [0.15, 0.2) is 24.8 Å². The van der Waals surface area contributed by atoms with Crippen LogP contribution in [0.5, 0.6) is 5.88 Å². The molecular weight excluding hydrogens is 400 g/mol. The van der Waals surface area contributed by atoms with Crippen LogP contribution in [0.1, 0.15) is 27.7 Å². The number of ether oxygens (including phenoxy) is 1. The van der Waals surface area contributed by atoms with Crippen LogP contribution < -0.4 is 16.2 Å². The third-order valence-electron chi connectivity index (χ3n) is 3.15. The molecule has 29 heavy (non-hydrogen) atoms. The van der Waals surface area contributed by atoms with Gasteiger partial charge >= 0.3 is 0 Å². The first-order chi connectivity index (χ1) is 13.4. The van der Waals surface area contributed by atoms with Gasteiger partial charge in [-0.05, 0) is 0 Å². The maximum absolute atomic E-state index is 8.99. The maximum atomic E-state index is 8.99. The Morgan fingerprint density at radius 3 is 1.66 bits per heavy atom. The fourth-order valence-corrected chi connectivity index (χ4v) is 1.31. The zero-order valence-corrected chi connectivity index (χ0v) is 18.0. The summed E-state index contributed by atoms with van der Waals surface area (Å²) in [6, 6.07) is 0. The number of anilines is 2. The van der Waals surface area contributed by atoms with Gasteiger partial charge < -0.3 is 31.5 Å². The van der Waals surface area contributed by atoms with Crippen molar-refractivity contribution in [1.29, 1.82) is 0 Å². The predicted molar refractivity (Wildman–Crippen MR) is 112 cm³/mol. The second kappa shape index (κ2) is 13.0. The Balaban J connectivity index is 0.000000444. The monoisotopic (exact) mass is 430 g/mol. The summed E-state index contributed by atoms with van der Waals surface area (Å²) >= 11 is 5.39. The highest BCUT2D eigenvalue weighted by molar-refractivity contribution is 6.29. The summed E-state index contributed by atoms with van der Waals surface area (Å²) in [4.78, 5) is 15.1. The molecule has 7 N–H and O–H groups in total. The largest absolute Gasteiger partial charge is 0.476 e. The Morgan fingerprint density at radius 2 is 1.31 bits per heavy atom. The van der Waals surface area contributed by atoms with Crippen LogP contribution in [-0.2, 0) is 0 Å². The van der Waals surface area contributed by atoms with Crippen molar-refractivity contribution < 1.29 is 20.1 Å². The van der Waals surface area contributed by atoms with Crippen LogP contribution in [0.25, 0.3) is 0 Å². The Hall–Kier alpha value is -2.27. The second-order valence-electron chi connectivity index (χ2n) is 7.64. The third-order valence-corrected chi connectivity index (χ3v) is 3.33. The topological polar surface area (TPSA) is 174 Å². The summed E-state index contributed by atoms with van der Waals surface area (Å²) in [6.07, 6.45) is 5.80. The lowest BCUT2D eigenvalue weighted by molar-refractivity contribution is 0.0857. The summed E-state index contributed by atoms with van der Waals surface area (Å²) in [7, 11) is 0. The minimum Gasteiger partial charge on any atom is -0.476 e. The first kappa shape index (κ1) is 26.7. The highest BCUT2D eigenvalue weighted by Gasteiger charge is 2.17. The van der Waals surface area contributed by atoms with Gasteiger partial charge in [0.15, 0.2) is 0 Å². The first-order valence-corrected chi connectivity index (χ1v) is 9.08. The van der Waals surface area contributed by atoms with Crippen molar-refractivity contribution in [3.8, 4) is 5.88 Å². The molecule has 0 aliphatic carbocycles. The summed E-state index contributed by atoms with van der Waals surface area (Å²) in [5.41, 5.74) is 10.0. The fourth-order valence-electron chi connectivity index (χ4n) is 1.15. The standard InChI is InChI=1S/C9H15N3O2.C5H12O2.C4H4ClN3/c1-9(2,5-13)6-14-8-4-11-3-7(10)12-8;1-5(2,3-6)4-7;5-3-1-7-2-4(6)8-3/h3-4,13H,5-6H2,1-2H3,(H2,10,12);6-7H,3-4H2,1-2H3;1-2H,(H2,6,8). The van der Waals surface area contributed by atoms with Gasteiger partial charge in [-0.2, -0.15) is 4.98 Å². The van der Waals surface area contributed by atoms with Crippen LogP contribution in [-0.4, -0.2) is 61.7 Å². The molecule has 11 heteroatoms. The number of aliphatic hydroxyl groups is 3. The number of nitrogen functional groups attached to an aromatic ring is 2. The smallest absolute Gasteiger partial charge is 0.234 e. The van der Waals surface area contributed by atoms with Crippen molar-refractivity contribution in [3.63, 3.8) is 0 Å². The SMILES string of the molecule is CC(C)(CO)CO.CC(C)(CO)COc1cncc(N)n1.Nc1cncc(Cl)n1. The van der Waals surface area contributed by atoms with Crippen LogP contribution in [0, 0.1) is 10.8 Å². The van der Waals surface area contributed by atoms with E-state index in [0.29, 0.717) is 29.3 Å². The van der Waals surface area contributed by atoms with E-state index in [1.807, 2.05) is 13.8 Å². The summed E-state index contributed by atoms with van der Waals surface area (Å²) < 4.78 is 5.33. The third kappa shape index (κ3) is 13.5. The number of hydrogen-bond acceptors (Lipinski definition) is 10. The molecule has 0 radical (unpaired) electrons. The number of nitrogens with two attached hydrogens (primary N) is 2. The Bertz CT molecular complexity index is 695. The first-order valence-electron chi connectivity index (χ1n) is 8.70. The zero-order valence-electron chi connectivity index (χ0n) is 17.2. The van der Waals surface area contributed by atoms with Crippen LogP contribution in [0.3, 0.4) is 0 Å². The van der Waals surface area contributed by atoms with Gasteiger partial charge in [-0.3, -0.25) is 9.97 Å². The van der Waals surface area contributed by atoms with Crippen molar-refractivity contribution >= 4 is 23.2 Å². The van der Waals surface area contributed by atoms with Gasteiger partial charge in [-0.25, -0.2) is 4.98 Å². The lowest BCUT2D eigenvalue weighted by atomic mass is 9.97. The van der Waals surface area contributed by atoms with E-state index in [-0.39, 0.29) is 30.7 Å². The molecule has 0 spiro atoms. The maximum Gasteiger partial charge on any atom is 0.234 e. The minimum absolute atomic E-state index is 0.0451. The predicted octanol–water partition coefficient (Wildman–Crippen LogP) is 1.17. The normalized spacial score (nSPS) is 10.9. The number of aromatic nitrogens is 4. The summed E-state index contributed by atoms with van der Waals surface area (Å²) in [6.45, 7) is 7.91. The van der Waals surface area contributed by atoms with Gasteiger partial charge in [0, 0.05) is 10.8 Å². The molecule has 0 aliphatic heterocycles. The Morgan fingerprint density at radius 1 is 0.828 bits per heavy atom. The van der Waals surface area contributed by atoms with E-state index in [1.165, 1.54) is 24.8 Å². The fraction of sp³-hybridized carbons (Fsp3) is 0.556. The molecule has 0 saturated heterocycles. The number of aliphatic hydroxyl groups excluding tert-OH is 3. The van der Waals surface area contributed by atoms with E-state index in [1.54, 1.807) is 13.8 Å². The molecule has 2 rings (SSSR count). The minimum atomic E-state index is -0.306. The van der Waals surface area contributed by atoms with E-state index < -0.39 is 0 Å². The molecule has 0 saturated carbocycles. The zero-order chi connectivity index (χ0) is 22.5. The molecule has 2 aromatic rings. The highest BCUT2D eigenvalue weighted by atomic mass is 35.5. The molecule has 10 nitrogen and oxygen atoms in total. The Labute approximate surface area is 176 Å². The van der Waals surface area contributed by atoms with Crippen molar-refractivity contribution in [2.75, 3.05) is 37.9 Å². The van der Waals surface area contributed by atoms with E-state index in [4.69, 9.17) is 43.1 Å². The molecule has 0 unspecified atom stereocenters. The molecule has 0 bridgehead atoms. The van der Waals surface area contributed by atoms with Crippen molar-refractivity contribution in [2.45, 2.75) is 27.7 Å². The van der Waals surface area contributed by atoms with E-state index >= 15 is 0 Å². The molecular formula is C18H31ClN6O4. The van der Waals surface area contributed by atoms with Crippen LogP contribution in [0.4, 0.5) is 11.6 Å². The van der Waals surface area contributed by atoms with Gasteiger partial charge in [0.1, 0.15) is 16.8 Å². The molecule has 2 aromatic heterocycles. The van der Waals surface area contributed by atoms with E-state index in [2.05, 4.69) is 19.9 Å². The number of rotatable bonds is 6. The van der Waals surface area contributed by atoms with E-state index in [9.17, 15) is 0 Å². The number of halogens is 1. The lowest BCUT2D eigenvalue weighted by Crippen LogP contribution is -2.25. The molecule has 164 valence electrons. The van der Waals surface area contributed by atoms with Gasteiger partial charge in [-0.15, -0.1) is 0 Å². The van der Waals surface area contributed by atoms with Crippen molar-refractivity contribution in [1.82, 2.24) is 19.9 Å². The number of hydrogen-bond donors (Lipinski definition) is 5. The van der Waals surface area contributed by atoms with Gasteiger partial charge in [0.2, 0.25) is 5.88 Å². The molecule has 0 amide bonds. The molecule has 0 fully saturated rings. The summed E-state index contributed by atoms with van der Waals surface area (Å²) in [5.74, 6) is 1.05. The molecule has 0 aliphatic rings. The molecule has 2 heterocycles. The van der Waals surface area contributed by atoms with Gasteiger partial charge in [0.05, 0.1) is 51.2 Å². The average Bonchev–Trinajstić information content (AvgIpc) is 2.67. The number of nitrogens with zero attached hydrogens (tertiary/aromatic N) is 4. The summed E-state index contributed by atoms with van der Waals surface area (Å²) in [5, 5.41) is 26.2. The second-order valence-corrected chi connectivity index (χ2v) is 8.03. The van der Waals surface area contributed by atoms with Crippen LogP contribution in [0.2, 0.25) is 5.15 Å². The Kier molecular flexibility index (Phi) is 12.0. The van der Waals surface area contributed by atoms with Crippen molar-refractivity contribution in [2.24, 2.45) is 10.8 Å². The van der Waals surface area contributed by atoms with Gasteiger partial charge in [0.25, 0.3) is 0 Å². The highest BCUT2D eigenvalue weighted by Crippen LogP contribution is 2.16. The van der Waals surface area contributed by atoms with E-state index in [0.717, 1.165) is 0 Å². The molecule has 0 atom stereocenters. The lowest BCUT2D eigenvalue weighted by Gasteiger charge is -2.20.